The molecule has 0 bridgehead atoms. The van der Waals surface area contributed by atoms with Crippen molar-refractivity contribution in [3.63, 3.8) is 0 Å². The number of nitrogens with zero attached hydrogens (tertiary/aromatic N) is 1. The topological polar surface area (TPSA) is 75.7 Å². The van der Waals surface area contributed by atoms with Crippen LogP contribution >= 0.6 is 22.6 Å². The van der Waals surface area contributed by atoms with Gasteiger partial charge in [-0.25, -0.2) is 4.79 Å². The normalized spacial score (nSPS) is 15.9. The van der Waals surface area contributed by atoms with Gasteiger partial charge in [0.05, 0.1) is 12.6 Å². The summed E-state index contributed by atoms with van der Waals surface area (Å²) in [6, 6.07) is 15.9. The van der Waals surface area contributed by atoms with E-state index in [2.05, 4.69) is 27.9 Å². The molecule has 0 aliphatic carbocycles. The van der Waals surface area contributed by atoms with Crippen molar-refractivity contribution < 1.29 is 19.1 Å². The van der Waals surface area contributed by atoms with Crippen molar-refractivity contribution >= 4 is 40.4 Å². The van der Waals surface area contributed by atoms with E-state index >= 15 is 0 Å². The smallest absolute Gasteiger partial charge is 0.410 e. The summed E-state index contributed by atoms with van der Waals surface area (Å²) in [5, 5.41) is 2.64. The van der Waals surface area contributed by atoms with Crippen molar-refractivity contribution in [1.29, 1.82) is 0 Å². The maximum absolute atomic E-state index is 12.6. The van der Waals surface area contributed by atoms with Crippen LogP contribution in [-0.4, -0.2) is 41.8 Å². The van der Waals surface area contributed by atoms with Gasteiger partial charge < -0.3 is 10.1 Å². The molecule has 1 fully saturated rings. The van der Waals surface area contributed by atoms with E-state index in [-0.39, 0.29) is 24.8 Å². The van der Waals surface area contributed by atoms with Gasteiger partial charge in [-0.2, -0.15) is 0 Å². The highest BCUT2D eigenvalue weighted by molar-refractivity contribution is 14.1. The van der Waals surface area contributed by atoms with Gasteiger partial charge in [-0.3, -0.25) is 14.5 Å². The summed E-state index contributed by atoms with van der Waals surface area (Å²) >= 11 is 2.16. The Labute approximate surface area is 177 Å². The minimum atomic E-state index is -0.555. The molecule has 2 aromatic rings. The Morgan fingerprint density at radius 2 is 1.79 bits per heavy atom. The van der Waals surface area contributed by atoms with Gasteiger partial charge in [-0.15, -0.1) is 0 Å². The molecule has 0 saturated carbocycles. The number of nitrogens with one attached hydrogen (secondary N) is 1. The highest BCUT2D eigenvalue weighted by Gasteiger charge is 2.34. The third-order valence-electron chi connectivity index (χ3n) is 4.59. The quantitative estimate of drug-likeness (QED) is 0.628. The van der Waals surface area contributed by atoms with Gasteiger partial charge in [-0.1, -0.05) is 30.3 Å². The predicted molar refractivity (Wildman–Crippen MR) is 113 cm³/mol. The number of carbonyl (C=O) groups excluding carboxylic acids is 3. The number of halogens is 1. The van der Waals surface area contributed by atoms with Gasteiger partial charge >= 0.3 is 6.09 Å². The average molecular weight is 492 g/mol. The summed E-state index contributed by atoms with van der Waals surface area (Å²) in [6.45, 7) is 0.535. The van der Waals surface area contributed by atoms with E-state index in [1.807, 2.05) is 42.5 Å². The summed E-state index contributed by atoms with van der Waals surface area (Å²) < 4.78 is 6.37. The summed E-state index contributed by atoms with van der Waals surface area (Å²) in [5.74, 6) is -0.492. The summed E-state index contributed by atoms with van der Waals surface area (Å²) in [7, 11) is 0. The fraction of sp³-hybridized carbons (Fsp3) is 0.286. The Hall–Kier alpha value is -2.42. The van der Waals surface area contributed by atoms with E-state index in [1.54, 1.807) is 12.1 Å². The second-order valence-corrected chi connectivity index (χ2v) is 7.79. The molecule has 1 saturated heterocycles. The molecule has 1 N–H and O–H groups in total. The molecule has 0 aromatic heterocycles. The molecule has 0 unspecified atom stereocenters. The molecule has 3 rings (SSSR count). The number of carbonyl (C=O) groups is 3. The first-order chi connectivity index (χ1) is 13.5. The molecule has 6 nitrogen and oxygen atoms in total. The lowest BCUT2D eigenvalue weighted by Crippen LogP contribution is -2.45. The lowest BCUT2D eigenvalue weighted by molar-refractivity contribution is -0.122. The maximum atomic E-state index is 12.6. The van der Waals surface area contributed by atoms with E-state index < -0.39 is 12.1 Å². The number of hydrogen-bond acceptors (Lipinski definition) is 4. The zero-order valence-electron chi connectivity index (χ0n) is 15.3. The third-order valence-corrected chi connectivity index (χ3v) is 5.31. The molecule has 0 spiro atoms. The van der Waals surface area contributed by atoms with E-state index in [1.165, 1.54) is 4.90 Å². The molecule has 7 heteroatoms. The second kappa shape index (κ2) is 9.68. The Morgan fingerprint density at radius 3 is 2.50 bits per heavy atom. The minimum absolute atomic E-state index is 0.113. The van der Waals surface area contributed by atoms with Crippen molar-refractivity contribution in [2.24, 2.45) is 0 Å². The van der Waals surface area contributed by atoms with E-state index in [0.717, 1.165) is 15.6 Å². The zero-order chi connectivity index (χ0) is 19.9. The second-order valence-electron chi connectivity index (χ2n) is 6.55. The first kappa shape index (κ1) is 20.3. The van der Waals surface area contributed by atoms with Crippen molar-refractivity contribution in [1.82, 2.24) is 10.2 Å². The zero-order valence-corrected chi connectivity index (χ0v) is 17.4. The predicted octanol–water partition coefficient (Wildman–Crippen LogP) is 3.39. The fourth-order valence-corrected chi connectivity index (χ4v) is 3.47. The number of rotatable bonds is 6. The van der Waals surface area contributed by atoms with Crippen LogP contribution in [0.3, 0.4) is 0 Å². The van der Waals surface area contributed by atoms with Gasteiger partial charge in [0.1, 0.15) is 6.61 Å². The van der Waals surface area contributed by atoms with Crippen LogP contribution in [0.4, 0.5) is 4.79 Å². The van der Waals surface area contributed by atoms with Crippen molar-refractivity contribution in [2.45, 2.75) is 25.5 Å². The largest absolute Gasteiger partial charge is 0.445 e. The highest BCUT2D eigenvalue weighted by atomic mass is 127. The first-order valence-corrected chi connectivity index (χ1v) is 10.2. The van der Waals surface area contributed by atoms with Gasteiger partial charge in [0.25, 0.3) is 5.91 Å². The number of likely N-dealkylation sites (tertiary alicyclic amines) is 1. The standard InChI is InChI=1S/C21H21IN2O4/c22-17-10-8-16(9-11-17)20(26)23-13-19(25)18-7-4-12-24(18)21(27)28-14-15-5-2-1-3-6-15/h1-3,5-6,8-11,18H,4,7,12-14H2,(H,23,26)/t18-/m0/s1. The number of Topliss-reactive ketones (excluding diaryl/α,β-unsaturated/α-hetero) is 1. The third kappa shape index (κ3) is 5.31. The Kier molecular flexibility index (Phi) is 7.02. The van der Waals surface area contributed by atoms with Crippen LogP contribution in [0.15, 0.2) is 54.6 Å². The summed E-state index contributed by atoms with van der Waals surface area (Å²) in [6.07, 6.45) is 0.823. The number of benzene rings is 2. The molecule has 2 aromatic carbocycles. The monoisotopic (exact) mass is 492 g/mol. The van der Waals surface area contributed by atoms with Crippen LogP contribution in [-0.2, 0) is 16.1 Å². The molecule has 2 amide bonds. The molecule has 146 valence electrons. The van der Waals surface area contributed by atoms with Gasteiger partial charge in [0.2, 0.25) is 0 Å². The SMILES string of the molecule is O=C(NCC(=O)[C@@H]1CCCN1C(=O)OCc1ccccc1)c1ccc(I)cc1. The van der Waals surface area contributed by atoms with E-state index in [9.17, 15) is 14.4 Å². The van der Waals surface area contributed by atoms with Gasteiger partial charge in [0.15, 0.2) is 5.78 Å². The van der Waals surface area contributed by atoms with Crippen molar-refractivity contribution in [2.75, 3.05) is 13.1 Å². The fourth-order valence-electron chi connectivity index (χ4n) is 3.11. The van der Waals surface area contributed by atoms with Crippen LogP contribution in [0.5, 0.6) is 0 Å². The number of hydrogen-bond donors (Lipinski definition) is 1. The van der Waals surface area contributed by atoms with Crippen LogP contribution in [0.1, 0.15) is 28.8 Å². The van der Waals surface area contributed by atoms with Gasteiger partial charge in [0, 0.05) is 15.7 Å². The molecular formula is C21H21IN2O4. The Balaban J connectivity index is 1.51. The molecular weight excluding hydrogens is 471 g/mol. The van der Waals surface area contributed by atoms with Crippen LogP contribution in [0.25, 0.3) is 0 Å². The maximum Gasteiger partial charge on any atom is 0.410 e. The van der Waals surface area contributed by atoms with Crippen LogP contribution < -0.4 is 5.32 Å². The number of ether oxygens (including phenoxy) is 1. The highest BCUT2D eigenvalue weighted by Crippen LogP contribution is 2.19. The molecule has 1 aliphatic heterocycles. The Morgan fingerprint density at radius 1 is 1.07 bits per heavy atom. The minimum Gasteiger partial charge on any atom is -0.445 e. The van der Waals surface area contributed by atoms with Crippen molar-refractivity contribution in [3.05, 3.63) is 69.3 Å². The summed E-state index contributed by atoms with van der Waals surface area (Å²) in [4.78, 5) is 38.6. The Bertz CT molecular complexity index is 839. The van der Waals surface area contributed by atoms with E-state index in [0.29, 0.717) is 18.5 Å². The van der Waals surface area contributed by atoms with Crippen LogP contribution in [0, 0.1) is 3.57 Å². The number of amides is 2. The summed E-state index contributed by atoms with van der Waals surface area (Å²) in [5.41, 5.74) is 1.39. The molecule has 0 radical (unpaired) electrons. The average Bonchev–Trinajstić information content (AvgIpc) is 3.21. The molecule has 1 heterocycles. The van der Waals surface area contributed by atoms with Gasteiger partial charge in [-0.05, 0) is 65.3 Å². The lowest BCUT2D eigenvalue weighted by atomic mass is 10.1. The molecule has 1 atom stereocenters. The lowest BCUT2D eigenvalue weighted by Gasteiger charge is -2.23. The number of ketones is 1. The van der Waals surface area contributed by atoms with Crippen molar-refractivity contribution in [3.8, 4) is 0 Å². The molecule has 28 heavy (non-hydrogen) atoms. The van der Waals surface area contributed by atoms with E-state index in [4.69, 9.17) is 4.74 Å². The molecule has 1 aliphatic rings. The van der Waals surface area contributed by atoms with Crippen LogP contribution in [0.2, 0.25) is 0 Å². The first-order valence-electron chi connectivity index (χ1n) is 9.08.